The Balaban J connectivity index is 1.60. The van der Waals surface area contributed by atoms with Crippen LogP contribution in [0.1, 0.15) is 24.5 Å². The molecule has 0 unspecified atom stereocenters. The Bertz CT molecular complexity index is 1160. The summed E-state index contributed by atoms with van der Waals surface area (Å²) < 4.78 is 29.8. The van der Waals surface area contributed by atoms with E-state index in [1.165, 1.54) is 25.5 Å². The fraction of sp³-hybridized carbons (Fsp3) is 0.192. The molecule has 0 bridgehead atoms. The topological polar surface area (TPSA) is 98.2 Å². The Morgan fingerprint density at radius 1 is 0.971 bits per heavy atom. The highest BCUT2D eigenvalue weighted by Crippen LogP contribution is 2.30. The molecule has 35 heavy (non-hydrogen) atoms. The summed E-state index contributed by atoms with van der Waals surface area (Å²) in [5.41, 5.74) is 3.91. The zero-order valence-electron chi connectivity index (χ0n) is 19.4. The molecule has 0 saturated heterocycles. The van der Waals surface area contributed by atoms with Crippen LogP contribution in [0.15, 0.2) is 71.8 Å². The molecule has 2 N–H and O–H groups in total. The van der Waals surface area contributed by atoms with E-state index in [4.69, 9.17) is 14.2 Å². The summed E-state index contributed by atoms with van der Waals surface area (Å²) in [5.74, 6) is -0.642. The molecule has 0 aliphatic carbocycles. The molecule has 8 nitrogen and oxygen atoms in total. The number of halogens is 1. The number of nitrogens with zero attached hydrogens (tertiary/aromatic N) is 1. The molecule has 0 atom stereocenters. The van der Waals surface area contributed by atoms with Gasteiger partial charge in [-0.2, -0.15) is 5.10 Å². The minimum atomic E-state index is -0.941. The van der Waals surface area contributed by atoms with Crippen molar-refractivity contribution in [2.45, 2.75) is 20.0 Å². The van der Waals surface area contributed by atoms with Crippen molar-refractivity contribution < 1.29 is 28.2 Å². The summed E-state index contributed by atoms with van der Waals surface area (Å²) >= 11 is 0. The van der Waals surface area contributed by atoms with Crippen LogP contribution in [0.2, 0.25) is 0 Å². The highest BCUT2D eigenvalue weighted by Gasteiger charge is 2.14. The maximum Gasteiger partial charge on any atom is 0.329 e. The lowest BCUT2D eigenvalue weighted by molar-refractivity contribution is -0.136. The Morgan fingerprint density at radius 2 is 1.71 bits per heavy atom. The Morgan fingerprint density at radius 3 is 2.40 bits per heavy atom. The molecule has 3 rings (SSSR count). The van der Waals surface area contributed by atoms with Crippen molar-refractivity contribution in [2.75, 3.05) is 19.0 Å². The zero-order chi connectivity index (χ0) is 25.0. The molecule has 0 aromatic heterocycles. The highest BCUT2D eigenvalue weighted by atomic mass is 19.1. The monoisotopic (exact) mass is 479 g/mol. The van der Waals surface area contributed by atoms with Crippen LogP contribution in [0.25, 0.3) is 0 Å². The van der Waals surface area contributed by atoms with Gasteiger partial charge in [-0.25, -0.2) is 9.82 Å². The Labute approximate surface area is 202 Å². The second kappa shape index (κ2) is 12.7. The minimum absolute atomic E-state index is 0.165. The van der Waals surface area contributed by atoms with Gasteiger partial charge in [-0.3, -0.25) is 9.59 Å². The first-order valence-corrected chi connectivity index (χ1v) is 10.9. The van der Waals surface area contributed by atoms with Gasteiger partial charge in [0.1, 0.15) is 18.2 Å². The maximum absolute atomic E-state index is 13.1. The van der Waals surface area contributed by atoms with Crippen molar-refractivity contribution in [3.63, 3.8) is 0 Å². The molecule has 0 radical (unpaired) electrons. The first kappa shape index (κ1) is 25.2. The number of ether oxygens (including phenoxy) is 3. The van der Waals surface area contributed by atoms with Crippen molar-refractivity contribution >= 4 is 23.7 Å². The third-order valence-corrected chi connectivity index (χ3v) is 4.69. The van der Waals surface area contributed by atoms with Gasteiger partial charge >= 0.3 is 11.8 Å². The predicted molar refractivity (Wildman–Crippen MR) is 130 cm³/mol. The molecule has 0 heterocycles. The molecule has 3 aromatic carbocycles. The molecule has 0 aliphatic heterocycles. The number of hydrogen-bond acceptors (Lipinski definition) is 6. The van der Waals surface area contributed by atoms with Crippen LogP contribution >= 0.6 is 0 Å². The first-order valence-electron chi connectivity index (χ1n) is 10.9. The van der Waals surface area contributed by atoms with Crippen molar-refractivity contribution in [3.8, 4) is 17.2 Å². The van der Waals surface area contributed by atoms with E-state index in [0.29, 0.717) is 35.1 Å². The summed E-state index contributed by atoms with van der Waals surface area (Å²) in [4.78, 5) is 24.3. The van der Waals surface area contributed by atoms with E-state index in [2.05, 4.69) is 15.8 Å². The second-order valence-corrected chi connectivity index (χ2v) is 7.32. The molecule has 0 saturated carbocycles. The van der Waals surface area contributed by atoms with Crippen LogP contribution in [0.4, 0.5) is 10.1 Å². The van der Waals surface area contributed by atoms with Crippen molar-refractivity contribution in [1.82, 2.24) is 5.43 Å². The number of carbonyl (C=O) groups is 2. The quantitative estimate of drug-likeness (QED) is 0.257. The summed E-state index contributed by atoms with van der Waals surface area (Å²) in [5, 5.41) is 6.36. The summed E-state index contributed by atoms with van der Waals surface area (Å²) in [6.07, 6.45) is 2.23. The van der Waals surface area contributed by atoms with Crippen molar-refractivity contribution in [2.24, 2.45) is 5.10 Å². The number of methoxy groups -OCH3 is 1. The number of hydrogen-bond donors (Lipinski definition) is 2. The number of benzene rings is 3. The van der Waals surface area contributed by atoms with E-state index in [9.17, 15) is 14.0 Å². The third-order valence-electron chi connectivity index (χ3n) is 4.69. The van der Waals surface area contributed by atoms with Crippen molar-refractivity contribution in [3.05, 3.63) is 83.7 Å². The lowest BCUT2D eigenvalue weighted by Crippen LogP contribution is -2.32. The molecule has 0 aliphatic rings. The molecule has 0 fully saturated rings. The molecule has 2 amide bonds. The van der Waals surface area contributed by atoms with Gasteiger partial charge in [0.25, 0.3) is 0 Å². The Kier molecular flexibility index (Phi) is 9.18. The van der Waals surface area contributed by atoms with Crippen LogP contribution in [0.3, 0.4) is 0 Å². The number of para-hydroxylation sites is 1. The van der Waals surface area contributed by atoms with Crippen LogP contribution < -0.4 is 25.0 Å². The predicted octanol–water partition coefficient (Wildman–Crippen LogP) is 4.29. The lowest BCUT2D eigenvalue weighted by atomic mass is 10.2. The van der Waals surface area contributed by atoms with Gasteiger partial charge in [0.15, 0.2) is 11.5 Å². The van der Waals surface area contributed by atoms with Crippen LogP contribution in [-0.4, -0.2) is 31.7 Å². The lowest BCUT2D eigenvalue weighted by Gasteiger charge is -2.13. The van der Waals surface area contributed by atoms with Crippen LogP contribution in [-0.2, 0) is 16.2 Å². The van der Waals surface area contributed by atoms with Gasteiger partial charge < -0.3 is 19.5 Å². The molecule has 9 heteroatoms. The van der Waals surface area contributed by atoms with Crippen molar-refractivity contribution in [1.29, 1.82) is 0 Å². The van der Waals surface area contributed by atoms with Gasteiger partial charge in [-0.15, -0.1) is 0 Å². The average molecular weight is 480 g/mol. The summed E-state index contributed by atoms with van der Waals surface area (Å²) in [6.45, 7) is 2.77. The fourth-order valence-corrected chi connectivity index (χ4v) is 2.94. The van der Waals surface area contributed by atoms with E-state index in [0.717, 1.165) is 12.0 Å². The van der Waals surface area contributed by atoms with Gasteiger partial charge in [0, 0.05) is 11.3 Å². The largest absolute Gasteiger partial charge is 0.494 e. The van der Waals surface area contributed by atoms with Gasteiger partial charge in [0.05, 0.1) is 19.9 Å². The standard InChI is InChI=1S/C26H26FN3O5/c1-3-15-34-22-13-11-21(12-14-22)29-25(31)26(32)30-28-16-19-5-4-6-23(33-2)24(19)35-17-18-7-9-20(27)10-8-18/h4-14,16H,3,15,17H2,1-2H3,(H,29,31)(H,30,32)/b28-16-. The third kappa shape index (κ3) is 7.56. The average Bonchev–Trinajstić information content (AvgIpc) is 2.88. The van der Waals surface area contributed by atoms with E-state index in [-0.39, 0.29) is 12.4 Å². The smallest absolute Gasteiger partial charge is 0.329 e. The van der Waals surface area contributed by atoms with Crippen LogP contribution in [0, 0.1) is 5.82 Å². The first-order chi connectivity index (χ1) is 17.0. The number of anilines is 1. The maximum atomic E-state index is 13.1. The zero-order valence-corrected chi connectivity index (χ0v) is 19.4. The number of rotatable bonds is 10. The van der Waals surface area contributed by atoms with E-state index < -0.39 is 11.8 Å². The van der Waals surface area contributed by atoms with E-state index >= 15 is 0 Å². The number of amides is 2. The SMILES string of the molecule is CCCOc1ccc(NC(=O)C(=O)N/N=C\c2cccc(OC)c2OCc2ccc(F)cc2)cc1. The van der Waals surface area contributed by atoms with E-state index in [1.54, 1.807) is 54.6 Å². The minimum Gasteiger partial charge on any atom is -0.494 e. The van der Waals surface area contributed by atoms with E-state index in [1.807, 2.05) is 6.92 Å². The normalized spacial score (nSPS) is 10.6. The number of nitrogens with one attached hydrogen (secondary N) is 2. The molecular formula is C26H26FN3O5. The molecule has 182 valence electrons. The Hall–Kier alpha value is -4.40. The highest BCUT2D eigenvalue weighted by molar-refractivity contribution is 6.39. The second-order valence-electron chi connectivity index (χ2n) is 7.32. The molecular weight excluding hydrogens is 453 g/mol. The van der Waals surface area contributed by atoms with Crippen LogP contribution in [0.5, 0.6) is 17.2 Å². The summed E-state index contributed by atoms with van der Waals surface area (Å²) in [7, 11) is 1.50. The fourth-order valence-electron chi connectivity index (χ4n) is 2.94. The van der Waals surface area contributed by atoms with Gasteiger partial charge in [0.2, 0.25) is 0 Å². The molecule has 3 aromatic rings. The van der Waals surface area contributed by atoms with Gasteiger partial charge in [-0.05, 0) is 60.5 Å². The summed E-state index contributed by atoms with van der Waals surface area (Å²) in [6, 6.07) is 17.8. The number of hydrazone groups is 1. The van der Waals surface area contributed by atoms with Gasteiger partial charge in [-0.1, -0.05) is 25.1 Å². The molecule has 0 spiro atoms. The number of carbonyl (C=O) groups excluding carboxylic acids is 2.